The van der Waals surface area contributed by atoms with Gasteiger partial charge in [0, 0.05) is 5.38 Å². The molecule has 0 saturated heterocycles. The molecule has 0 aliphatic rings. The highest BCUT2D eigenvalue weighted by Crippen LogP contribution is 2.10. The lowest BCUT2D eigenvalue weighted by atomic mass is 10.1. The van der Waals surface area contributed by atoms with Crippen molar-refractivity contribution in [1.82, 2.24) is 0 Å². The van der Waals surface area contributed by atoms with Gasteiger partial charge in [-0.2, -0.15) is 0 Å². The Labute approximate surface area is 82.2 Å². The fourth-order valence-corrected chi connectivity index (χ4v) is 1.44. The van der Waals surface area contributed by atoms with Crippen molar-refractivity contribution in [2.45, 2.75) is 18.2 Å². The van der Waals surface area contributed by atoms with Gasteiger partial charge in [-0.25, -0.2) is 0 Å². The van der Waals surface area contributed by atoms with Crippen LogP contribution in [0.15, 0.2) is 30.3 Å². The van der Waals surface area contributed by atoms with Crippen molar-refractivity contribution in [2.75, 3.05) is 0 Å². The molecule has 13 heavy (non-hydrogen) atoms. The highest BCUT2D eigenvalue weighted by atomic mass is 35.5. The number of alkyl halides is 1. The number of aliphatic carboxylic acids is 1. The van der Waals surface area contributed by atoms with E-state index in [4.69, 9.17) is 16.7 Å². The second kappa shape index (κ2) is 4.87. The number of halogens is 1. The summed E-state index contributed by atoms with van der Waals surface area (Å²) in [5.74, 6) is -0.851. The second-order valence-corrected chi connectivity index (χ2v) is 3.50. The molecule has 1 rings (SSSR count). The first kappa shape index (κ1) is 10.1. The molecule has 2 nitrogen and oxygen atoms in total. The largest absolute Gasteiger partial charge is 0.481 e. The molecule has 0 aliphatic carbocycles. The standard InChI is InChI=1S/C10H11ClO2/c11-9(7-10(12)13)6-8-4-2-1-3-5-8/h1-5,9H,6-7H2,(H,12,13). The Hall–Kier alpha value is -1.02. The Morgan fingerprint density at radius 2 is 2.00 bits per heavy atom. The van der Waals surface area contributed by atoms with Gasteiger partial charge in [-0.15, -0.1) is 11.6 Å². The average Bonchev–Trinajstić information content (AvgIpc) is 2.04. The maximum absolute atomic E-state index is 10.3. The van der Waals surface area contributed by atoms with E-state index in [-0.39, 0.29) is 11.8 Å². The summed E-state index contributed by atoms with van der Waals surface area (Å²) in [7, 11) is 0. The SMILES string of the molecule is O=C(O)CC(Cl)Cc1ccccc1. The van der Waals surface area contributed by atoms with Gasteiger partial charge in [0.15, 0.2) is 0 Å². The molecular formula is C10H11ClO2. The summed E-state index contributed by atoms with van der Waals surface area (Å²) in [6, 6.07) is 9.64. The van der Waals surface area contributed by atoms with Gasteiger partial charge < -0.3 is 5.11 Å². The smallest absolute Gasteiger partial charge is 0.304 e. The van der Waals surface area contributed by atoms with Crippen LogP contribution in [0, 0.1) is 0 Å². The number of rotatable bonds is 4. The van der Waals surface area contributed by atoms with Crippen LogP contribution in [0.5, 0.6) is 0 Å². The molecule has 0 aromatic heterocycles. The van der Waals surface area contributed by atoms with Crippen molar-refractivity contribution in [3.8, 4) is 0 Å². The number of carboxylic acid groups (broad SMARTS) is 1. The molecule has 1 aromatic carbocycles. The van der Waals surface area contributed by atoms with E-state index in [1.807, 2.05) is 30.3 Å². The van der Waals surface area contributed by atoms with Crippen LogP contribution in [0.3, 0.4) is 0 Å². The Kier molecular flexibility index (Phi) is 3.77. The fraction of sp³-hybridized carbons (Fsp3) is 0.300. The predicted molar refractivity (Wildman–Crippen MR) is 52.0 cm³/mol. The van der Waals surface area contributed by atoms with Crippen molar-refractivity contribution in [1.29, 1.82) is 0 Å². The third-order valence-corrected chi connectivity index (χ3v) is 2.00. The van der Waals surface area contributed by atoms with E-state index in [1.54, 1.807) is 0 Å². The van der Waals surface area contributed by atoms with Gasteiger partial charge in [0.1, 0.15) is 0 Å². The van der Waals surface area contributed by atoms with E-state index in [2.05, 4.69) is 0 Å². The molecule has 1 N–H and O–H groups in total. The summed E-state index contributed by atoms with van der Waals surface area (Å²) in [5, 5.41) is 8.16. The maximum Gasteiger partial charge on any atom is 0.304 e. The highest BCUT2D eigenvalue weighted by Gasteiger charge is 2.09. The van der Waals surface area contributed by atoms with Gasteiger partial charge in [-0.05, 0) is 12.0 Å². The summed E-state index contributed by atoms with van der Waals surface area (Å²) < 4.78 is 0. The lowest BCUT2D eigenvalue weighted by Gasteiger charge is -2.05. The molecule has 1 unspecified atom stereocenters. The van der Waals surface area contributed by atoms with Gasteiger partial charge in [0.2, 0.25) is 0 Å². The molecule has 1 aromatic rings. The third-order valence-electron chi connectivity index (χ3n) is 1.70. The van der Waals surface area contributed by atoms with Gasteiger partial charge in [0.05, 0.1) is 6.42 Å². The minimum atomic E-state index is -0.851. The van der Waals surface area contributed by atoms with Crippen molar-refractivity contribution in [3.63, 3.8) is 0 Å². The number of hydrogen-bond acceptors (Lipinski definition) is 1. The Bertz CT molecular complexity index is 272. The van der Waals surface area contributed by atoms with Crippen LogP contribution in [-0.4, -0.2) is 16.5 Å². The van der Waals surface area contributed by atoms with Crippen molar-refractivity contribution < 1.29 is 9.90 Å². The number of carboxylic acids is 1. The summed E-state index contributed by atoms with van der Waals surface area (Å²) >= 11 is 5.83. The maximum atomic E-state index is 10.3. The summed E-state index contributed by atoms with van der Waals surface area (Å²) in [6.07, 6.45) is 0.616. The van der Waals surface area contributed by atoms with Gasteiger partial charge >= 0.3 is 5.97 Å². The zero-order valence-electron chi connectivity index (χ0n) is 7.11. The molecule has 0 aliphatic heterocycles. The van der Waals surface area contributed by atoms with Crippen LogP contribution in [0.2, 0.25) is 0 Å². The second-order valence-electron chi connectivity index (χ2n) is 2.88. The summed E-state index contributed by atoms with van der Waals surface area (Å²) in [5.41, 5.74) is 1.07. The van der Waals surface area contributed by atoms with Crippen LogP contribution >= 0.6 is 11.6 Å². The summed E-state index contributed by atoms with van der Waals surface area (Å²) in [6.45, 7) is 0. The lowest BCUT2D eigenvalue weighted by Crippen LogP contribution is -2.09. The molecule has 0 heterocycles. The zero-order valence-corrected chi connectivity index (χ0v) is 7.87. The Balaban J connectivity index is 2.45. The zero-order chi connectivity index (χ0) is 9.68. The molecular weight excluding hydrogens is 188 g/mol. The normalized spacial score (nSPS) is 12.4. The van der Waals surface area contributed by atoms with Crippen LogP contribution in [0.1, 0.15) is 12.0 Å². The number of hydrogen-bond donors (Lipinski definition) is 1. The summed E-state index contributed by atoms with van der Waals surface area (Å²) in [4.78, 5) is 10.3. The minimum Gasteiger partial charge on any atom is -0.481 e. The van der Waals surface area contributed by atoms with Crippen molar-refractivity contribution >= 4 is 17.6 Å². The van der Waals surface area contributed by atoms with Gasteiger partial charge in [-0.3, -0.25) is 4.79 Å². The number of benzene rings is 1. The van der Waals surface area contributed by atoms with Gasteiger partial charge in [-0.1, -0.05) is 30.3 Å². The predicted octanol–water partition coefficient (Wildman–Crippen LogP) is 2.31. The Morgan fingerprint density at radius 3 is 2.54 bits per heavy atom. The number of carbonyl (C=O) groups is 1. The van der Waals surface area contributed by atoms with E-state index >= 15 is 0 Å². The quantitative estimate of drug-likeness (QED) is 0.754. The highest BCUT2D eigenvalue weighted by molar-refractivity contribution is 6.21. The van der Waals surface area contributed by atoms with E-state index < -0.39 is 5.97 Å². The van der Waals surface area contributed by atoms with Crippen molar-refractivity contribution in [2.24, 2.45) is 0 Å². The van der Waals surface area contributed by atoms with Crippen LogP contribution in [-0.2, 0) is 11.2 Å². The first-order chi connectivity index (χ1) is 6.18. The van der Waals surface area contributed by atoms with Gasteiger partial charge in [0.25, 0.3) is 0 Å². The molecule has 70 valence electrons. The molecule has 0 spiro atoms. The molecule has 0 radical (unpaired) electrons. The van der Waals surface area contributed by atoms with Crippen LogP contribution in [0.25, 0.3) is 0 Å². The van der Waals surface area contributed by atoms with E-state index in [0.717, 1.165) is 5.56 Å². The van der Waals surface area contributed by atoms with E-state index in [9.17, 15) is 4.79 Å². The molecule has 0 amide bonds. The molecule has 0 saturated carbocycles. The molecule has 1 atom stereocenters. The molecule has 0 bridgehead atoms. The van der Waals surface area contributed by atoms with Crippen LogP contribution in [0.4, 0.5) is 0 Å². The molecule has 3 heteroatoms. The van der Waals surface area contributed by atoms with E-state index in [1.165, 1.54) is 0 Å². The van der Waals surface area contributed by atoms with Crippen LogP contribution < -0.4 is 0 Å². The lowest BCUT2D eigenvalue weighted by molar-refractivity contribution is -0.137. The van der Waals surface area contributed by atoms with E-state index in [0.29, 0.717) is 6.42 Å². The third kappa shape index (κ3) is 3.95. The van der Waals surface area contributed by atoms with Crippen molar-refractivity contribution in [3.05, 3.63) is 35.9 Å². The topological polar surface area (TPSA) is 37.3 Å². The fourth-order valence-electron chi connectivity index (χ4n) is 1.13. The first-order valence-corrected chi connectivity index (χ1v) is 4.52. The molecule has 0 fully saturated rings. The Morgan fingerprint density at radius 1 is 1.38 bits per heavy atom. The average molecular weight is 199 g/mol. The monoisotopic (exact) mass is 198 g/mol. The minimum absolute atomic E-state index is 0.0104. The first-order valence-electron chi connectivity index (χ1n) is 4.08.